The lowest BCUT2D eigenvalue weighted by molar-refractivity contribution is 0.0869. The van der Waals surface area contributed by atoms with Crippen molar-refractivity contribution in [3.63, 3.8) is 0 Å². The van der Waals surface area contributed by atoms with Gasteiger partial charge in [0.25, 0.3) is 5.91 Å². The molecule has 1 aliphatic heterocycles. The first kappa shape index (κ1) is 20.1. The summed E-state index contributed by atoms with van der Waals surface area (Å²) in [6.45, 7) is 4.41. The smallest absolute Gasteiger partial charge is 0.253 e. The predicted octanol–water partition coefficient (Wildman–Crippen LogP) is 2.50. The molecule has 1 aliphatic carbocycles. The summed E-state index contributed by atoms with van der Waals surface area (Å²) in [6, 6.07) is 9.94. The first-order chi connectivity index (χ1) is 15.1. The summed E-state index contributed by atoms with van der Waals surface area (Å²) in [4.78, 5) is 17.6. The van der Waals surface area contributed by atoms with Crippen LogP contribution in [0.3, 0.4) is 0 Å². The Morgan fingerprint density at radius 1 is 1.19 bits per heavy atom. The molecule has 162 valence electrons. The van der Waals surface area contributed by atoms with Gasteiger partial charge in [0.05, 0.1) is 11.6 Å². The number of carbonyl (C=O) groups excluding carboxylic acids is 1. The first-order valence-electron chi connectivity index (χ1n) is 10.9. The summed E-state index contributed by atoms with van der Waals surface area (Å²) in [5.41, 5.74) is 1.97. The summed E-state index contributed by atoms with van der Waals surface area (Å²) < 4.78 is 15.3. The Morgan fingerprint density at radius 2 is 2.06 bits per heavy atom. The van der Waals surface area contributed by atoms with Crippen LogP contribution in [-0.4, -0.2) is 63.5 Å². The number of aromatic nitrogens is 3. The molecule has 1 aromatic carbocycles. The van der Waals surface area contributed by atoms with Crippen molar-refractivity contribution >= 4 is 11.6 Å². The minimum atomic E-state index is -0.311. The number of hydrogen-bond acceptors (Lipinski definition) is 5. The van der Waals surface area contributed by atoms with E-state index in [4.69, 9.17) is 0 Å². The summed E-state index contributed by atoms with van der Waals surface area (Å²) in [5, 5.41) is 11.7. The lowest BCUT2D eigenvalue weighted by atomic mass is 10.1. The number of piperazine rings is 1. The SMILES string of the molecule is CN1CCN(CC2CC2)CC1c1nnc2ccc(C(=O)NCc3cccc(F)c3)cn12. The Morgan fingerprint density at radius 3 is 2.87 bits per heavy atom. The summed E-state index contributed by atoms with van der Waals surface area (Å²) in [5.74, 6) is 1.19. The third-order valence-electron chi connectivity index (χ3n) is 6.28. The molecule has 5 rings (SSSR count). The highest BCUT2D eigenvalue weighted by Gasteiger charge is 2.32. The molecule has 8 heteroatoms. The zero-order valence-corrected chi connectivity index (χ0v) is 17.7. The van der Waals surface area contributed by atoms with E-state index in [9.17, 15) is 9.18 Å². The van der Waals surface area contributed by atoms with Crippen LogP contribution in [0.1, 0.15) is 40.6 Å². The summed E-state index contributed by atoms with van der Waals surface area (Å²) in [6.07, 6.45) is 4.50. The topological polar surface area (TPSA) is 65.8 Å². The molecule has 1 unspecified atom stereocenters. The van der Waals surface area contributed by atoms with Gasteiger partial charge in [-0.05, 0) is 55.6 Å². The van der Waals surface area contributed by atoms with E-state index in [1.807, 2.05) is 10.5 Å². The van der Waals surface area contributed by atoms with Crippen molar-refractivity contribution in [2.45, 2.75) is 25.4 Å². The van der Waals surface area contributed by atoms with Crippen molar-refractivity contribution in [3.05, 3.63) is 65.4 Å². The lowest BCUT2D eigenvalue weighted by Crippen LogP contribution is -2.47. The van der Waals surface area contributed by atoms with E-state index in [0.29, 0.717) is 5.56 Å². The fourth-order valence-corrected chi connectivity index (χ4v) is 4.24. The molecule has 0 bridgehead atoms. The Labute approximate surface area is 180 Å². The molecule has 2 aliphatic rings. The van der Waals surface area contributed by atoms with E-state index in [0.717, 1.165) is 49.1 Å². The second-order valence-electron chi connectivity index (χ2n) is 8.72. The van der Waals surface area contributed by atoms with Gasteiger partial charge in [-0.25, -0.2) is 4.39 Å². The molecule has 1 amide bonds. The number of halogens is 1. The number of fused-ring (bicyclic) bond motifs is 1. The average molecular weight is 423 g/mol. The molecule has 1 saturated heterocycles. The maximum atomic E-state index is 13.4. The average Bonchev–Trinajstić information content (AvgIpc) is 3.49. The van der Waals surface area contributed by atoms with Crippen molar-refractivity contribution in [3.8, 4) is 0 Å². The summed E-state index contributed by atoms with van der Waals surface area (Å²) >= 11 is 0. The zero-order chi connectivity index (χ0) is 21.4. The van der Waals surface area contributed by atoms with Crippen LogP contribution in [0, 0.1) is 11.7 Å². The predicted molar refractivity (Wildman–Crippen MR) is 115 cm³/mol. The van der Waals surface area contributed by atoms with Gasteiger partial charge >= 0.3 is 0 Å². The van der Waals surface area contributed by atoms with E-state index < -0.39 is 0 Å². The zero-order valence-electron chi connectivity index (χ0n) is 17.7. The minimum absolute atomic E-state index is 0.133. The monoisotopic (exact) mass is 422 g/mol. The van der Waals surface area contributed by atoms with E-state index in [1.165, 1.54) is 25.0 Å². The van der Waals surface area contributed by atoms with Gasteiger partial charge in [-0.15, -0.1) is 10.2 Å². The van der Waals surface area contributed by atoms with Crippen LogP contribution in [0.25, 0.3) is 5.65 Å². The summed E-state index contributed by atoms with van der Waals surface area (Å²) in [7, 11) is 2.12. The number of amides is 1. The van der Waals surface area contributed by atoms with Gasteiger partial charge in [0.1, 0.15) is 5.82 Å². The van der Waals surface area contributed by atoms with Gasteiger partial charge in [-0.3, -0.25) is 19.0 Å². The molecule has 31 heavy (non-hydrogen) atoms. The van der Waals surface area contributed by atoms with Crippen LogP contribution in [-0.2, 0) is 6.54 Å². The molecular formula is C23H27FN6O. The molecule has 7 nitrogen and oxygen atoms in total. The first-order valence-corrected chi connectivity index (χ1v) is 10.9. The fraction of sp³-hybridized carbons (Fsp3) is 0.435. The Hall–Kier alpha value is -2.84. The number of likely N-dealkylation sites (N-methyl/N-ethyl adjacent to an activating group) is 1. The number of rotatable bonds is 6. The Kier molecular flexibility index (Phi) is 5.41. The molecule has 0 spiro atoms. The van der Waals surface area contributed by atoms with Crippen molar-refractivity contribution < 1.29 is 9.18 Å². The largest absolute Gasteiger partial charge is 0.348 e. The van der Waals surface area contributed by atoms with Gasteiger partial charge in [-0.1, -0.05) is 12.1 Å². The van der Waals surface area contributed by atoms with Gasteiger partial charge in [-0.2, -0.15) is 0 Å². The van der Waals surface area contributed by atoms with Crippen LogP contribution < -0.4 is 5.32 Å². The molecule has 0 radical (unpaired) electrons. The number of nitrogens with zero attached hydrogens (tertiary/aromatic N) is 5. The molecule has 3 aromatic rings. The second-order valence-corrected chi connectivity index (χ2v) is 8.72. The fourth-order valence-electron chi connectivity index (χ4n) is 4.24. The highest BCUT2D eigenvalue weighted by molar-refractivity contribution is 5.94. The van der Waals surface area contributed by atoms with Gasteiger partial charge in [0.15, 0.2) is 11.5 Å². The third-order valence-corrected chi connectivity index (χ3v) is 6.28. The van der Waals surface area contributed by atoms with E-state index in [1.54, 1.807) is 24.4 Å². The number of pyridine rings is 1. The van der Waals surface area contributed by atoms with Crippen molar-refractivity contribution in [1.82, 2.24) is 29.7 Å². The number of nitrogens with one attached hydrogen (secondary N) is 1. The van der Waals surface area contributed by atoms with Gasteiger partial charge in [0.2, 0.25) is 0 Å². The van der Waals surface area contributed by atoms with E-state index in [2.05, 4.69) is 32.4 Å². The van der Waals surface area contributed by atoms with Crippen molar-refractivity contribution in [2.75, 3.05) is 33.2 Å². The van der Waals surface area contributed by atoms with Crippen LogP contribution in [0.15, 0.2) is 42.6 Å². The van der Waals surface area contributed by atoms with Crippen molar-refractivity contribution in [2.24, 2.45) is 5.92 Å². The number of hydrogen-bond donors (Lipinski definition) is 1. The van der Waals surface area contributed by atoms with Gasteiger partial charge < -0.3 is 5.32 Å². The quantitative estimate of drug-likeness (QED) is 0.661. The van der Waals surface area contributed by atoms with Crippen molar-refractivity contribution in [1.29, 1.82) is 0 Å². The maximum Gasteiger partial charge on any atom is 0.253 e. The highest BCUT2D eigenvalue weighted by atomic mass is 19.1. The highest BCUT2D eigenvalue weighted by Crippen LogP contribution is 2.32. The Balaban J connectivity index is 1.34. The molecule has 1 atom stereocenters. The van der Waals surface area contributed by atoms with Gasteiger partial charge in [0, 0.05) is 38.9 Å². The second kappa shape index (κ2) is 8.36. The maximum absolute atomic E-state index is 13.4. The number of benzene rings is 1. The molecule has 1 saturated carbocycles. The Bertz CT molecular complexity index is 1090. The van der Waals surface area contributed by atoms with Crippen LogP contribution in [0.2, 0.25) is 0 Å². The van der Waals surface area contributed by atoms with E-state index >= 15 is 0 Å². The molecule has 1 N–H and O–H groups in total. The van der Waals surface area contributed by atoms with E-state index in [-0.39, 0.29) is 24.3 Å². The number of carbonyl (C=O) groups is 1. The molecule has 3 heterocycles. The molecule has 2 aromatic heterocycles. The van der Waals surface area contributed by atoms with Crippen LogP contribution in [0.4, 0.5) is 4.39 Å². The third kappa shape index (κ3) is 4.45. The molecular weight excluding hydrogens is 395 g/mol. The minimum Gasteiger partial charge on any atom is -0.348 e. The normalized spacial score (nSPS) is 20.3. The lowest BCUT2D eigenvalue weighted by Gasteiger charge is -2.38. The molecule has 2 fully saturated rings. The van der Waals surface area contributed by atoms with Crippen LogP contribution >= 0.6 is 0 Å². The standard InChI is InChI=1S/C23H27FN6O/c1-28-9-10-29(13-16-5-6-16)15-20(28)22-27-26-21-8-7-18(14-30(21)22)23(31)25-12-17-3-2-4-19(24)11-17/h2-4,7-8,11,14,16,20H,5-6,9-10,12-13,15H2,1H3,(H,25,31). The van der Waals surface area contributed by atoms with Crippen LogP contribution in [0.5, 0.6) is 0 Å².